The van der Waals surface area contributed by atoms with Gasteiger partial charge in [-0.2, -0.15) is 13.2 Å². The first kappa shape index (κ1) is 17.8. The van der Waals surface area contributed by atoms with Crippen LogP contribution in [-0.4, -0.2) is 42.3 Å². The van der Waals surface area contributed by atoms with Crippen LogP contribution in [0.5, 0.6) is 0 Å². The van der Waals surface area contributed by atoms with Crippen LogP contribution in [0, 0.1) is 0 Å². The molecule has 1 aliphatic rings. The Hall–Kier alpha value is -2.51. The van der Waals surface area contributed by atoms with Crippen LogP contribution >= 0.6 is 0 Å². The highest BCUT2D eigenvalue weighted by Crippen LogP contribution is 2.41. The first-order valence-electron chi connectivity index (χ1n) is 7.11. The van der Waals surface area contributed by atoms with Crippen molar-refractivity contribution in [3.63, 3.8) is 0 Å². The van der Waals surface area contributed by atoms with Gasteiger partial charge in [0.15, 0.2) is 0 Å². The Morgan fingerprint density at radius 1 is 1.21 bits per heavy atom. The highest BCUT2D eigenvalue weighted by atomic mass is 19.4. The predicted octanol–water partition coefficient (Wildman–Crippen LogP) is 3.06. The molecular formula is C16H16F3NO4. The first-order valence-corrected chi connectivity index (χ1v) is 7.11. The molecule has 0 saturated heterocycles. The molecule has 5 nitrogen and oxygen atoms in total. The van der Waals surface area contributed by atoms with Crippen LogP contribution in [-0.2, 0) is 20.9 Å². The summed E-state index contributed by atoms with van der Waals surface area (Å²) in [7, 11) is 0.849. The third-order valence-electron chi connectivity index (χ3n) is 3.75. The van der Waals surface area contributed by atoms with Gasteiger partial charge in [0, 0.05) is 13.0 Å². The maximum Gasteiger partial charge on any atom is 0.423 e. The van der Waals surface area contributed by atoms with E-state index in [1.165, 1.54) is 12.2 Å². The lowest BCUT2D eigenvalue weighted by Gasteiger charge is -2.42. The van der Waals surface area contributed by atoms with Gasteiger partial charge in [-0.25, -0.2) is 9.59 Å². The summed E-state index contributed by atoms with van der Waals surface area (Å²) in [6.45, 7) is -0.600. The van der Waals surface area contributed by atoms with Crippen molar-refractivity contribution in [3.05, 3.63) is 48.0 Å². The normalized spacial score (nSPS) is 20.6. The van der Waals surface area contributed by atoms with Crippen LogP contribution in [0.3, 0.4) is 0 Å². The van der Waals surface area contributed by atoms with E-state index in [1.807, 2.05) is 0 Å². The highest BCUT2D eigenvalue weighted by molar-refractivity contribution is 5.87. The molecule has 24 heavy (non-hydrogen) atoms. The number of benzene rings is 1. The topological polar surface area (TPSA) is 55.8 Å². The van der Waals surface area contributed by atoms with E-state index < -0.39 is 36.7 Å². The number of halogens is 3. The van der Waals surface area contributed by atoms with Crippen molar-refractivity contribution in [1.82, 2.24) is 4.90 Å². The third kappa shape index (κ3) is 3.22. The number of hydrogen-bond acceptors (Lipinski definition) is 4. The fourth-order valence-corrected chi connectivity index (χ4v) is 2.47. The van der Waals surface area contributed by atoms with Crippen molar-refractivity contribution in [2.75, 3.05) is 13.7 Å². The smallest absolute Gasteiger partial charge is 0.423 e. The van der Waals surface area contributed by atoms with Crippen molar-refractivity contribution < 1.29 is 32.2 Å². The standard InChI is InChI=1S/C16H16F3NO4/c1-23-13(21)15(16(17,18)19)9-5-6-10-20(15)14(22)24-11-12-7-3-2-4-8-12/h2-8H,9-11H2,1H3. The predicted molar refractivity (Wildman–Crippen MR) is 77.9 cm³/mol. The minimum atomic E-state index is -5.00. The summed E-state index contributed by atoms with van der Waals surface area (Å²) in [6.07, 6.45) is -4.38. The molecule has 0 spiro atoms. The quantitative estimate of drug-likeness (QED) is 0.625. The molecule has 1 heterocycles. The van der Waals surface area contributed by atoms with Crippen LogP contribution in [0.1, 0.15) is 12.0 Å². The number of hydrogen-bond donors (Lipinski definition) is 0. The average Bonchev–Trinajstić information content (AvgIpc) is 2.58. The van der Waals surface area contributed by atoms with Crippen LogP contribution in [0.25, 0.3) is 0 Å². The Bertz CT molecular complexity index is 630. The molecule has 1 atom stereocenters. The summed E-state index contributed by atoms with van der Waals surface area (Å²) in [5, 5.41) is 0. The Labute approximate surface area is 136 Å². The maximum absolute atomic E-state index is 13.6. The monoisotopic (exact) mass is 343 g/mol. The number of amides is 1. The lowest BCUT2D eigenvalue weighted by Crippen LogP contribution is -2.66. The van der Waals surface area contributed by atoms with Gasteiger partial charge in [0.2, 0.25) is 5.54 Å². The number of rotatable bonds is 3. The summed E-state index contributed by atoms with van der Waals surface area (Å²) >= 11 is 0. The molecule has 0 saturated carbocycles. The Kier molecular flexibility index (Phi) is 5.16. The molecule has 0 radical (unpaired) electrons. The zero-order valence-electron chi connectivity index (χ0n) is 12.9. The molecular weight excluding hydrogens is 327 g/mol. The molecule has 0 bridgehead atoms. The summed E-state index contributed by atoms with van der Waals surface area (Å²) in [5.41, 5.74) is -2.46. The van der Waals surface area contributed by atoms with E-state index in [2.05, 4.69) is 4.74 Å². The van der Waals surface area contributed by atoms with E-state index in [0.29, 0.717) is 10.5 Å². The highest BCUT2D eigenvalue weighted by Gasteiger charge is 2.66. The number of nitrogens with zero attached hydrogens (tertiary/aromatic N) is 1. The van der Waals surface area contributed by atoms with Crippen LogP contribution in [0.4, 0.5) is 18.0 Å². The number of alkyl halides is 3. The van der Waals surface area contributed by atoms with Crippen molar-refractivity contribution in [2.45, 2.75) is 24.7 Å². The number of esters is 1. The molecule has 1 amide bonds. The Morgan fingerprint density at radius 3 is 2.46 bits per heavy atom. The van der Waals surface area contributed by atoms with E-state index in [9.17, 15) is 22.8 Å². The third-order valence-corrected chi connectivity index (χ3v) is 3.75. The second-order valence-corrected chi connectivity index (χ2v) is 5.18. The van der Waals surface area contributed by atoms with Gasteiger partial charge < -0.3 is 9.47 Å². The van der Waals surface area contributed by atoms with Crippen LogP contribution < -0.4 is 0 Å². The molecule has 130 valence electrons. The molecule has 1 unspecified atom stereocenters. The first-order chi connectivity index (χ1) is 11.3. The lowest BCUT2D eigenvalue weighted by molar-refractivity contribution is -0.234. The van der Waals surface area contributed by atoms with Crippen molar-refractivity contribution in [2.24, 2.45) is 0 Å². The fourth-order valence-electron chi connectivity index (χ4n) is 2.47. The number of ether oxygens (including phenoxy) is 2. The number of carbonyl (C=O) groups excluding carboxylic acids is 2. The minimum Gasteiger partial charge on any atom is -0.467 e. The van der Waals surface area contributed by atoms with Gasteiger partial charge in [0.05, 0.1) is 7.11 Å². The number of methoxy groups -OCH3 is 1. The van der Waals surface area contributed by atoms with Gasteiger partial charge >= 0.3 is 18.2 Å². The summed E-state index contributed by atoms with van der Waals surface area (Å²) in [6, 6.07) is 8.51. The van der Waals surface area contributed by atoms with Gasteiger partial charge in [-0.3, -0.25) is 4.90 Å². The largest absolute Gasteiger partial charge is 0.467 e. The van der Waals surface area contributed by atoms with E-state index in [4.69, 9.17) is 4.74 Å². The molecule has 8 heteroatoms. The van der Waals surface area contributed by atoms with Gasteiger partial charge in [-0.1, -0.05) is 42.5 Å². The van der Waals surface area contributed by atoms with E-state index in [-0.39, 0.29) is 6.61 Å². The molecule has 0 N–H and O–H groups in total. The molecule has 0 aromatic heterocycles. The fraction of sp³-hybridized carbons (Fsp3) is 0.375. The van der Waals surface area contributed by atoms with Gasteiger partial charge in [0.1, 0.15) is 6.61 Å². The van der Waals surface area contributed by atoms with E-state index >= 15 is 0 Å². The second kappa shape index (κ2) is 6.94. The van der Waals surface area contributed by atoms with Gasteiger partial charge in [0.25, 0.3) is 0 Å². The van der Waals surface area contributed by atoms with Crippen molar-refractivity contribution >= 4 is 12.1 Å². The second-order valence-electron chi connectivity index (χ2n) is 5.18. The SMILES string of the molecule is COC(=O)C1(C(F)(F)F)CC=CCN1C(=O)OCc1ccccc1. The number of carbonyl (C=O) groups is 2. The van der Waals surface area contributed by atoms with E-state index in [1.54, 1.807) is 30.3 Å². The summed E-state index contributed by atoms with van der Waals surface area (Å²) in [4.78, 5) is 24.5. The zero-order chi connectivity index (χ0) is 17.8. The Morgan fingerprint density at radius 2 is 1.88 bits per heavy atom. The minimum absolute atomic E-state index is 0.199. The van der Waals surface area contributed by atoms with Crippen molar-refractivity contribution in [1.29, 1.82) is 0 Å². The van der Waals surface area contributed by atoms with Crippen LogP contribution in [0.2, 0.25) is 0 Å². The van der Waals surface area contributed by atoms with Gasteiger partial charge in [-0.15, -0.1) is 0 Å². The van der Waals surface area contributed by atoms with Crippen LogP contribution in [0.15, 0.2) is 42.5 Å². The van der Waals surface area contributed by atoms with E-state index in [0.717, 1.165) is 7.11 Å². The lowest BCUT2D eigenvalue weighted by atomic mass is 9.89. The van der Waals surface area contributed by atoms with Crippen molar-refractivity contribution in [3.8, 4) is 0 Å². The molecule has 0 aliphatic carbocycles. The maximum atomic E-state index is 13.6. The molecule has 1 aliphatic heterocycles. The Balaban J connectivity index is 2.25. The van der Waals surface area contributed by atoms with Gasteiger partial charge in [-0.05, 0) is 5.56 Å². The molecule has 0 fully saturated rings. The molecule has 2 rings (SSSR count). The molecule has 1 aromatic rings. The molecule has 1 aromatic carbocycles. The average molecular weight is 343 g/mol. The summed E-state index contributed by atoms with van der Waals surface area (Å²) < 4.78 is 50.1. The summed E-state index contributed by atoms with van der Waals surface area (Å²) in [5.74, 6) is -1.55. The zero-order valence-corrected chi connectivity index (χ0v) is 12.9.